The highest BCUT2D eigenvalue weighted by molar-refractivity contribution is 7.09. The van der Waals surface area contributed by atoms with E-state index in [4.69, 9.17) is 0 Å². The first-order valence-electron chi connectivity index (χ1n) is 3.98. The maximum absolute atomic E-state index is 11.0. The van der Waals surface area contributed by atoms with Crippen molar-refractivity contribution >= 4 is 11.3 Å². The second kappa shape index (κ2) is 3.57. The number of hydrogen-bond donors (Lipinski definition) is 1. The fourth-order valence-electron chi connectivity index (χ4n) is 1.12. The molecule has 4 nitrogen and oxygen atoms in total. The van der Waals surface area contributed by atoms with Crippen molar-refractivity contribution in [2.24, 2.45) is 0 Å². The van der Waals surface area contributed by atoms with E-state index >= 15 is 0 Å². The molecule has 2 rings (SSSR count). The van der Waals surface area contributed by atoms with Crippen LogP contribution in [0.2, 0.25) is 0 Å². The zero-order valence-corrected chi connectivity index (χ0v) is 7.75. The summed E-state index contributed by atoms with van der Waals surface area (Å²) in [6, 6.07) is 4.08. The lowest BCUT2D eigenvalue weighted by molar-refractivity contribution is 0.676. The van der Waals surface area contributed by atoms with Crippen LogP contribution in [0.3, 0.4) is 0 Å². The van der Waals surface area contributed by atoms with Crippen LogP contribution in [0.4, 0.5) is 0 Å². The van der Waals surface area contributed by atoms with Crippen molar-refractivity contribution in [3.05, 3.63) is 39.2 Å². The largest absolute Gasteiger partial charge is 0.343 e. The van der Waals surface area contributed by atoms with Crippen molar-refractivity contribution in [1.29, 1.82) is 0 Å². The Morgan fingerprint density at radius 2 is 2.54 bits per heavy atom. The van der Waals surface area contributed by atoms with E-state index in [1.54, 1.807) is 15.9 Å². The van der Waals surface area contributed by atoms with Gasteiger partial charge in [-0.05, 0) is 17.9 Å². The van der Waals surface area contributed by atoms with Gasteiger partial charge in [0.05, 0.1) is 0 Å². The molecule has 0 amide bonds. The molecule has 0 bridgehead atoms. The molecule has 2 aromatic rings. The average molecular weight is 195 g/mol. The highest BCUT2D eigenvalue weighted by atomic mass is 32.1. The Kier molecular flexibility index (Phi) is 2.27. The van der Waals surface area contributed by atoms with Crippen molar-refractivity contribution in [3.63, 3.8) is 0 Å². The molecule has 0 radical (unpaired) electrons. The maximum Gasteiger partial charge on any atom is 0.343 e. The molecule has 0 aliphatic heterocycles. The summed E-state index contributed by atoms with van der Waals surface area (Å²) in [5, 5.41) is 8.05. The Morgan fingerprint density at radius 3 is 3.15 bits per heavy atom. The number of hydrogen-bond acceptors (Lipinski definition) is 3. The molecule has 0 fully saturated rings. The summed E-state index contributed by atoms with van der Waals surface area (Å²) in [5.41, 5.74) is -0.142. The Morgan fingerprint density at radius 1 is 1.62 bits per heavy atom. The van der Waals surface area contributed by atoms with Crippen LogP contribution in [0.5, 0.6) is 0 Å². The first kappa shape index (κ1) is 8.25. The van der Waals surface area contributed by atoms with E-state index in [0.29, 0.717) is 6.54 Å². The Bertz CT molecular complexity index is 415. The van der Waals surface area contributed by atoms with Crippen molar-refractivity contribution in [2.45, 2.75) is 13.0 Å². The number of nitrogens with zero attached hydrogens (tertiary/aromatic N) is 2. The summed E-state index contributed by atoms with van der Waals surface area (Å²) >= 11 is 1.70. The molecule has 0 saturated heterocycles. The molecule has 5 heteroatoms. The van der Waals surface area contributed by atoms with Gasteiger partial charge in [-0.1, -0.05) is 6.07 Å². The molecule has 2 aromatic heterocycles. The summed E-state index contributed by atoms with van der Waals surface area (Å²) in [4.78, 5) is 12.3. The third-order valence-electron chi connectivity index (χ3n) is 1.80. The van der Waals surface area contributed by atoms with Crippen molar-refractivity contribution < 1.29 is 0 Å². The molecule has 0 atom stereocenters. The van der Waals surface area contributed by atoms with Crippen LogP contribution < -0.4 is 5.69 Å². The second-order valence-corrected chi connectivity index (χ2v) is 3.72. The van der Waals surface area contributed by atoms with Crippen LogP contribution in [-0.4, -0.2) is 14.8 Å². The maximum atomic E-state index is 11.0. The predicted molar refractivity (Wildman–Crippen MR) is 50.9 cm³/mol. The van der Waals surface area contributed by atoms with Crippen LogP contribution in [0.1, 0.15) is 4.88 Å². The Balaban J connectivity index is 2.01. The number of rotatable bonds is 3. The van der Waals surface area contributed by atoms with Gasteiger partial charge in [0.25, 0.3) is 0 Å². The number of aromatic nitrogens is 3. The van der Waals surface area contributed by atoms with E-state index in [0.717, 1.165) is 6.42 Å². The molecule has 68 valence electrons. The van der Waals surface area contributed by atoms with E-state index in [2.05, 4.69) is 16.3 Å². The van der Waals surface area contributed by atoms with Gasteiger partial charge in [0.15, 0.2) is 0 Å². The predicted octanol–water partition coefficient (Wildman–Crippen LogP) is 0.876. The fraction of sp³-hybridized carbons (Fsp3) is 0.250. The van der Waals surface area contributed by atoms with Crippen LogP contribution in [0.25, 0.3) is 0 Å². The lowest BCUT2D eigenvalue weighted by Crippen LogP contribution is -2.17. The van der Waals surface area contributed by atoms with Gasteiger partial charge in [0.1, 0.15) is 6.33 Å². The minimum Gasteiger partial charge on any atom is -0.281 e. The first-order chi connectivity index (χ1) is 6.36. The van der Waals surface area contributed by atoms with Gasteiger partial charge in [-0.3, -0.25) is 4.57 Å². The Labute approximate surface area is 78.8 Å². The van der Waals surface area contributed by atoms with E-state index in [-0.39, 0.29) is 5.69 Å². The summed E-state index contributed by atoms with van der Waals surface area (Å²) in [5.74, 6) is 0. The second-order valence-electron chi connectivity index (χ2n) is 2.68. The molecule has 1 N–H and O–H groups in total. The first-order valence-corrected chi connectivity index (χ1v) is 4.86. The van der Waals surface area contributed by atoms with Gasteiger partial charge in [0, 0.05) is 11.4 Å². The quantitative estimate of drug-likeness (QED) is 0.790. The van der Waals surface area contributed by atoms with Gasteiger partial charge in [0.2, 0.25) is 0 Å². The lowest BCUT2D eigenvalue weighted by atomic mass is 10.3. The molecule has 0 spiro atoms. The molecule has 0 aliphatic carbocycles. The molecule has 13 heavy (non-hydrogen) atoms. The van der Waals surface area contributed by atoms with Gasteiger partial charge in [-0.2, -0.15) is 5.10 Å². The fourth-order valence-corrected chi connectivity index (χ4v) is 1.81. The van der Waals surface area contributed by atoms with Crippen LogP contribution in [-0.2, 0) is 13.0 Å². The standard InChI is InChI=1S/C8H9N3OS/c12-8-10-9-6-11(8)4-3-7-2-1-5-13-7/h1-2,5-6H,3-4H2,(H,10,12). The average Bonchev–Trinajstić information content (AvgIpc) is 2.72. The molecule has 2 heterocycles. The Hall–Kier alpha value is -1.36. The molecule has 0 unspecified atom stereocenters. The van der Waals surface area contributed by atoms with E-state index in [1.165, 1.54) is 11.2 Å². The van der Waals surface area contributed by atoms with Crippen LogP contribution >= 0.6 is 11.3 Å². The summed E-state index contributed by atoms with van der Waals surface area (Å²) in [7, 11) is 0. The number of nitrogens with one attached hydrogen (secondary N) is 1. The van der Waals surface area contributed by atoms with Crippen molar-refractivity contribution in [3.8, 4) is 0 Å². The topological polar surface area (TPSA) is 50.7 Å². The van der Waals surface area contributed by atoms with E-state index in [9.17, 15) is 4.79 Å². The highest BCUT2D eigenvalue weighted by Crippen LogP contribution is 2.09. The smallest absolute Gasteiger partial charge is 0.281 e. The molecule has 0 saturated carbocycles. The van der Waals surface area contributed by atoms with E-state index in [1.807, 2.05) is 11.4 Å². The summed E-state index contributed by atoms with van der Waals surface area (Å²) in [6.07, 6.45) is 2.41. The van der Waals surface area contributed by atoms with Crippen molar-refractivity contribution in [2.75, 3.05) is 0 Å². The zero-order chi connectivity index (χ0) is 9.10. The highest BCUT2D eigenvalue weighted by Gasteiger charge is 1.98. The normalized spacial score (nSPS) is 10.5. The van der Waals surface area contributed by atoms with Gasteiger partial charge >= 0.3 is 5.69 Å². The van der Waals surface area contributed by atoms with Crippen molar-refractivity contribution in [1.82, 2.24) is 14.8 Å². The number of aromatic amines is 1. The third-order valence-corrected chi connectivity index (χ3v) is 2.73. The molecular weight excluding hydrogens is 186 g/mol. The summed E-state index contributed by atoms with van der Waals surface area (Å²) < 4.78 is 1.57. The number of H-pyrrole nitrogens is 1. The van der Waals surface area contributed by atoms with Gasteiger partial charge in [-0.25, -0.2) is 9.89 Å². The molecule has 0 aromatic carbocycles. The monoisotopic (exact) mass is 195 g/mol. The van der Waals surface area contributed by atoms with Crippen LogP contribution in [0, 0.1) is 0 Å². The minimum atomic E-state index is -0.142. The van der Waals surface area contributed by atoms with Gasteiger partial charge in [-0.15, -0.1) is 11.3 Å². The summed E-state index contributed by atoms with van der Waals surface area (Å²) in [6.45, 7) is 0.690. The zero-order valence-electron chi connectivity index (χ0n) is 6.93. The number of aryl methyl sites for hydroxylation is 2. The SMILES string of the molecule is O=c1[nH]ncn1CCc1cccs1. The molecular formula is C8H9N3OS. The minimum absolute atomic E-state index is 0.142. The molecule has 0 aliphatic rings. The lowest BCUT2D eigenvalue weighted by Gasteiger charge is -1.96. The third kappa shape index (κ3) is 1.86. The van der Waals surface area contributed by atoms with Gasteiger partial charge < -0.3 is 0 Å². The van der Waals surface area contributed by atoms with E-state index < -0.39 is 0 Å². The number of thiophene rings is 1. The van der Waals surface area contributed by atoms with Crippen LogP contribution in [0.15, 0.2) is 28.6 Å².